The fourth-order valence-electron chi connectivity index (χ4n) is 4.29. The quantitative estimate of drug-likeness (QED) is 0.345. The van der Waals surface area contributed by atoms with Gasteiger partial charge in [0, 0.05) is 22.6 Å². The molecule has 0 saturated carbocycles. The summed E-state index contributed by atoms with van der Waals surface area (Å²) in [5, 5.41) is 14.7. The van der Waals surface area contributed by atoms with E-state index in [1.807, 2.05) is 31.2 Å². The van der Waals surface area contributed by atoms with Crippen LogP contribution >= 0.6 is 15.9 Å². The molecule has 7 nitrogen and oxygen atoms in total. The number of ether oxygens (including phenoxy) is 1. The molecular formula is C27H25BrN2O5. The molecule has 0 fully saturated rings. The number of rotatable bonds is 8. The van der Waals surface area contributed by atoms with Gasteiger partial charge >= 0.3 is 12.1 Å². The second-order valence-corrected chi connectivity index (χ2v) is 9.15. The minimum absolute atomic E-state index is 0.0424. The maximum atomic E-state index is 12.7. The standard InChI is InChI=1S/C27H25BrN2O5/c1-2-16(25(31)30-17-11-12-24(28)22(13-17)26(32)33)14-29-27(34)35-15-23-20-9-5-3-7-18(20)19-8-4-6-10-21(19)23/h3-13,16,23H,2,14-15H2,1H3,(H,29,34)(H,30,31)(H,32,33). The minimum Gasteiger partial charge on any atom is -0.478 e. The van der Waals surface area contributed by atoms with Crippen molar-refractivity contribution in [3.05, 3.63) is 87.9 Å². The van der Waals surface area contributed by atoms with E-state index < -0.39 is 18.0 Å². The first-order chi connectivity index (χ1) is 16.9. The normalized spacial score (nSPS) is 12.9. The molecule has 35 heavy (non-hydrogen) atoms. The molecule has 1 unspecified atom stereocenters. The molecule has 0 aliphatic heterocycles. The van der Waals surface area contributed by atoms with Gasteiger partial charge in [0.05, 0.1) is 11.5 Å². The highest BCUT2D eigenvalue weighted by molar-refractivity contribution is 9.10. The molecule has 180 valence electrons. The van der Waals surface area contributed by atoms with Crippen LogP contribution in [0.15, 0.2) is 71.2 Å². The maximum Gasteiger partial charge on any atom is 0.407 e. The fourth-order valence-corrected chi connectivity index (χ4v) is 4.71. The summed E-state index contributed by atoms with van der Waals surface area (Å²) >= 11 is 3.18. The number of alkyl carbamates (subject to hydrolysis) is 1. The molecule has 0 saturated heterocycles. The van der Waals surface area contributed by atoms with Crippen LogP contribution in [0.2, 0.25) is 0 Å². The Hall–Kier alpha value is -3.65. The number of nitrogens with one attached hydrogen (secondary N) is 2. The molecular weight excluding hydrogens is 512 g/mol. The van der Waals surface area contributed by atoms with Crippen LogP contribution in [-0.2, 0) is 9.53 Å². The Kier molecular flexibility index (Phi) is 7.51. The summed E-state index contributed by atoms with van der Waals surface area (Å²) < 4.78 is 5.96. The van der Waals surface area contributed by atoms with E-state index in [2.05, 4.69) is 50.8 Å². The van der Waals surface area contributed by atoms with E-state index in [1.165, 1.54) is 6.07 Å². The van der Waals surface area contributed by atoms with Gasteiger partial charge in [-0.2, -0.15) is 0 Å². The van der Waals surface area contributed by atoms with Crippen LogP contribution in [0.4, 0.5) is 10.5 Å². The number of amides is 2. The number of hydrogen-bond acceptors (Lipinski definition) is 4. The summed E-state index contributed by atoms with van der Waals surface area (Å²) in [7, 11) is 0. The largest absolute Gasteiger partial charge is 0.478 e. The van der Waals surface area contributed by atoms with E-state index >= 15 is 0 Å². The maximum absolute atomic E-state index is 12.7. The van der Waals surface area contributed by atoms with Crippen molar-refractivity contribution >= 4 is 39.6 Å². The molecule has 1 aliphatic carbocycles. The lowest BCUT2D eigenvalue weighted by Gasteiger charge is -2.18. The van der Waals surface area contributed by atoms with Gasteiger partial charge in [0.15, 0.2) is 0 Å². The SMILES string of the molecule is CCC(CNC(=O)OCC1c2ccccc2-c2ccccc21)C(=O)Nc1ccc(Br)c(C(=O)O)c1. The fraction of sp³-hybridized carbons (Fsp3) is 0.222. The average Bonchev–Trinajstić information content (AvgIpc) is 3.18. The van der Waals surface area contributed by atoms with E-state index in [1.54, 1.807) is 12.1 Å². The smallest absolute Gasteiger partial charge is 0.407 e. The zero-order chi connectivity index (χ0) is 24.9. The van der Waals surface area contributed by atoms with Gasteiger partial charge in [-0.25, -0.2) is 9.59 Å². The molecule has 3 aromatic rings. The van der Waals surface area contributed by atoms with Crippen molar-refractivity contribution in [3.63, 3.8) is 0 Å². The molecule has 0 spiro atoms. The molecule has 3 aromatic carbocycles. The van der Waals surface area contributed by atoms with Gasteiger partial charge in [0.25, 0.3) is 0 Å². The number of carboxylic acids is 1. The molecule has 1 aliphatic rings. The Balaban J connectivity index is 1.33. The lowest BCUT2D eigenvalue weighted by molar-refractivity contribution is -0.119. The molecule has 1 atom stereocenters. The predicted octanol–water partition coefficient (Wildman–Crippen LogP) is 5.65. The van der Waals surface area contributed by atoms with Crippen molar-refractivity contribution in [2.45, 2.75) is 19.3 Å². The lowest BCUT2D eigenvalue weighted by atomic mass is 9.98. The van der Waals surface area contributed by atoms with Crippen LogP contribution in [0.25, 0.3) is 11.1 Å². The Labute approximate surface area is 211 Å². The highest BCUT2D eigenvalue weighted by atomic mass is 79.9. The number of halogens is 1. The average molecular weight is 537 g/mol. The second-order valence-electron chi connectivity index (χ2n) is 8.30. The van der Waals surface area contributed by atoms with Gasteiger partial charge in [-0.05, 0) is 62.8 Å². The van der Waals surface area contributed by atoms with Gasteiger partial charge in [0.1, 0.15) is 6.61 Å². The van der Waals surface area contributed by atoms with Crippen molar-refractivity contribution in [1.29, 1.82) is 0 Å². The summed E-state index contributed by atoms with van der Waals surface area (Å²) in [6, 6.07) is 20.8. The predicted molar refractivity (Wildman–Crippen MR) is 137 cm³/mol. The third-order valence-electron chi connectivity index (χ3n) is 6.16. The Morgan fingerprint density at radius 3 is 2.23 bits per heavy atom. The van der Waals surface area contributed by atoms with Gasteiger partial charge in [-0.15, -0.1) is 0 Å². The Bertz CT molecular complexity index is 1230. The summed E-state index contributed by atoms with van der Waals surface area (Å²) in [6.07, 6.45) is -0.104. The van der Waals surface area contributed by atoms with E-state index in [-0.39, 0.29) is 30.5 Å². The number of carboxylic acid groups (broad SMARTS) is 1. The van der Waals surface area contributed by atoms with E-state index in [0.29, 0.717) is 16.6 Å². The van der Waals surface area contributed by atoms with E-state index in [4.69, 9.17) is 4.74 Å². The topological polar surface area (TPSA) is 105 Å². The molecule has 0 bridgehead atoms. The third-order valence-corrected chi connectivity index (χ3v) is 6.86. The van der Waals surface area contributed by atoms with Gasteiger partial charge in [-0.1, -0.05) is 55.5 Å². The lowest BCUT2D eigenvalue weighted by Crippen LogP contribution is -2.36. The van der Waals surface area contributed by atoms with Crippen LogP contribution in [-0.4, -0.2) is 36.2 Å². The van der Waals surface area contributed by atoms with Crippen LogP contribution in [0.5, 0.6) is 0 Å². The van der Waals surface area contributed by atoms with E-state index in [0.717, 1.165) is 22.3 Å². The monoisotopic (exact) mass is 536 g/mol. The van der Waals surface area contributed by atoms with Gasteiger partial charge in [0.2, 0.25) is 5.91 Å². The van der Waals surface area contributed by atoms with Crippen LogP contribution < -0.4 is 10.6 Å². The number of benzene rings is 3. The van der Waals surface area contributed by atoms with Crippen molar-refractivity contribution in [2.24, 2.45) is 5.92 Å². The zero-order valence-corrected chi connectivity index (χ0v) is 20.7. The van der Waals surface area contributed by atoms with Crippen LogP contribution in [0.3, 0.4) is 0 Å². The molecule has 3 N–H and O–H groups in total. The van der Waals surface area contributed by atoms with Crippen LogP contribution in [0, 0.1) is 5.92 Å². The van der Waals surface area contributed by atoms with Crippen molar-refractivity contribution in [3.8, 4) is 11.1 Å². The number of carbonyl (C=O) groups excluding carboxylic acids is 2. The van der Waals surface area contributed by atoms with E-state index in [9.17, 15) is 19.5 Å². The number of aromatic carboxylic acids is 1. The minimum atomic E-state index is -1.10. The van der Waals surface area contributed by atoms with Crippen molar-refractivity contribution in [2.75, 3.05) is 18.5 Å². The second kappa shape index (κ2) is 10.7. The van der Waals surface area contributed by atoms with Gasteiger partial charge < -0.3 is 20.5 Å². The van der Waals surface area contributed by atoms with Crippen molar-refractivity contribution < 1.29 is 24.2 Å². The Morgan fingerprint density at radius 1 is 1.00 bits per heavy atom. The van der Waals surface area contributed by atoms with Crippen LogP contribution in [0.1, 0.15) is 40.7 Å². The summed E-state index contributed by atoms with van der Waals surface area (Å²) in [5.41, 5.74) is 4.98. The molecule has 0 aromatic heterocycles. The molecule has 8 heteroatoms. The summed E-state index contributed by atoms with van der Waals surface area (Å²) in [5.74, 6) is -1.96. The van der Waals surface area contributed by atoms with Gasteiger partial charge in [-0.3, -0.25) is 4.79 Å². The molecule has 0 radical (unpaired) electrons. The summed E-state index contributed by atoms with van der Waals surface area (Å²) in [6.45, 7) is 2.13. The third kappa shape index (κ3) is 5.38. The first kappa shape index (κ1) is 24.5. The summed E-state index contributed by atoms with van der Waals surface area (Å²) in [4.78, 5) is 36.5. The molecule has 2 amide bonds. The zero-order valence-electron chi connectivity index (χ0n) is 19.1. The highest BCUT2D eigenvalue weighted by Gasteiger charge is 2.29. The number of carbonyl (C=O) groups is 3. The first-order valence-corrected chi connectivity index (χ1v) is 12.1. The highest BCUT2D eigenvalue weighted by Crippen LogP contribution is 2.44. The Morgan fingerprint density at radius 2 is 1.63 bits per heavy atom. The van der Waals surface area contributed by atoms with Crippen molar-refractivity contribution in [1.82, 2.24) is 5.32 Å². The number of hydrogen-bond donors (Lipinski definition) is 3. The number of anilines is 1. The molecule has 0 heterocycles. The first-order valence-electron chi connectivity index (χ1n) is 11.3. The molecule has 4 rings (SSSR count). The number of fused-ring (bicyclic) bond motifs is 3.